The number of allylic oxidation sites excluding steroid dienone is 2. The molecule has 35 heavy (non-hydrogen) atoms. The fourth-order valence-corrected chi connectivity index (χ4v) is 5.81. The minimum absolute atomic E-state index is 0. The maximum atomic E-state index is 12.9. The van der Waals surface area contributed by atoms with Gasteiger partial charge < -0.3 is 14.2 Å². The van der Waals surface area contributed by atoms with Crippen LogP contribution in [0.25, 0.3) is 0 Å². The largest absolute Gasteiger partial charge is 0.487 e. The van der Waals surface area contributed by atoms with E-state index < -0.39 is 0 Å². The number of unbranched alkanes of at least 4 members (excludes halogenated alkanes) is 2. The number of ether oxygens (including phenoxy) is 3. The zero-order valence-electron chi connectivity index (χ0n) is 22.1. The van der Waals surface area contributed by atoms with E-state index >= 15 is 0 Å². The molecule has 1 aromatic rings. The van der Waals surface area contributed by atoms with Gasteiger partial charge in [0.2, 0.25) is 0 Å². The molecule has 1 saturated heterocycles. The van der Waals surface area contributed by atoms with Gasteiger partial charge in [-0.1, -0.05) is 31.4 Å². The van der Waals surface area contributed by atoms with Gasteiger partial charge in [0.1, 0.15) is 17.1 Å². The van der Waals surface area contributed by atoms with Gasteiger partial charge in [0.05, 0.1) is 13.2 Å². The lowest BCUT2D eigenvalue weighted by Gasteiger charge is -2.46. The number of aryl methyl sites for hydroxylation is 1. The molecule has 1 aliphatic carbocycles. The number of hydrogen-bond acceptors (Lipinski definition) is 5. The van der Waals surface area contributed by atoms with E-state index in [-0.39, 0.29) is 34.5 Å². The summed E-state index contributed by atoms with van der Waals surface area (Å²) in [6.07, 6.45) is 10.4. The summed E-state index contributed by atoms with van der Waals surface area (Å²) >= 11 is 0. The van der Waals surface area contributed by atoms with Crippen molar-refractivity contribution in [2.45, 2.75) is 90.6 Å². The number of carbonyl (C=O) groups is 1. The van der Waals surface area contributed by atoms with Crippen LogP contribution in [0.3, 0.4) is 0 Å². The molecular weight excluding hydrogens is 506 g/mol. The van der Waals surface area contributed by atoms with Crippen molar-refractivity contribution < 1.29 is 19.0 Å². The Morgan fingerprint density at radius 1 is 1.17 bits per heavy atom. The maximum absolute atomic E-state index is 12.9. The van der Waals surface area contributed by atoms with Gasteiger partial charge in [-0.2, -0.15) is 0 Å². The van der Waals surface area contributed by atoms with Crippen LogP contribution < -0.4 is 9.47 Å². The SMILES string of the molecule is Br.CCCCCc1cc(OC(=O)CCCN2CCOCC2)c2c(c1)OC(C)(C)C1CCC(C)=CC21. The average Bonchev–Trinajstić information content (AvgIpc) is 2.79. The normalized spacial score (nSPS) is 23.3. The van der Waals surface area contributed by atoms with E-state index in [0.717, 1.165) is 82.0 Å². The van der Waals surface area contributed by atoms with E-state index in [1.54, 1.807) is 0 Å². The molecule has 2 heterocycles. The number of rotatable bonds is 9. The Balaban J connectivity index is 0.00000342. The Labute approximate surface area is 222 Å². The first-order valence-corrected chi connectivity index (χ1v) is 13.4. The van der Waals surface area contributed by atoms with E-state index in [0.29, 0.717) is 12.3 Å². The number of carbonyl (C=O) groups excluding carboxylic acids is 1. The van der Waals surface area contributed by atoms with Crippen molar-refractivity contribution in [3.05, 3.63) is 34.9 Å². The summed E-state index contributed by atoms with van der Waals surface area (Å²) in [6.45, 7) is 13.2. The van der Waals surface area contributed by atoms with Crippen LogP contribution >= 0.6 is 17.0 Å². The van der Waals surface area contributed by atoms with Crippen LogP contribution in [-0.4, -0.2) is 49.3 Å². The molecule has 0 saturated carbocycles. The smallest absolute Gasteiger partial charge is 0.311 e. The molecule has 3 aliphatic rings. The van der Waals surface area contributed by atoms with Crippen molar-refractivity contribution in [1.82, 2.24) is 4.90 Å². The van der Waals surface area contributed by atoms with Crippen molar-refractivity contribution in [3.63, 3.8) is 0 Å². The zero-order chi connectivity index (χ0) is 24.1. The van der Waals surface area contributed by atoms with E-state index in [1.807, 2.05) is 0 Å². The molecule has 2 unspecified atom stereocenters. The highest BCUT2D eigenvalue weighted by Crippen LogP contribution is 2.53. The van der Waals surface area contributed by atoms with Crippen LogP contribution in [-0.2, 0) is 16.0 Å². The van der Waals surface area contributed by atoms with Crippen molar-refractivity contribution in [3.8, 4) is 11.5 Å². The number of benzene rings is 1. The van der Waals surface area contributed by atoms with Crippen molar-refractivity contribution in [2.75, 3.05) is 32.8 Å². The summed E-state index contributed by atoms with van der Waals surface area (Å²) < 4.78 is 18.1. The molecular formula is C29H44BrNO4. The maximum Gasteiger partial charge on any atom is 0.311 e. The van der Waals surface area contributed by atoms with Crippen molar-refractivity contribution >= 4 is 23.0 Å². The number of halogens is 1. The summed E-state index contributed by atoms with van der Waals surface area (Å²) in [4.78, 5) is 15.3. The molecule has 5 nitrogen and oxygen atoms in total. The fourth-order valence-electron chi connectivity index (χ4n) is 5.81. The van der Waals surface area contributed by atoms with Gasteiger partial charge in [-0.25, -0.2) is 0 Å². The van der Waals surface area contributed by atoms with Gasteiger partial charge in [-0.15, -0.1) is 17.0 Å². The van der Waals surface area contributed by atoms with Crippen molar-refractivity contribution in [2.24, 2.45) is 5.92 Å². The third kappa shape index (κ3) is 7.11. The minimum atomic E-state index is -0.240. The molecule has 6 heteroatoms. The van der Waals surface area contributed by atoms with E-state index in [9.17, 15) is 4.79 Å². The Morgan fingerprint density at radius 2 is 1.94 bits per heavy atom. The molecule has 1 fully saturated rings. The lowest BCUT2D eigenvalue weighted by Crippen LogP contribution is -2.45. The molecule has 0 spiro atoms. The highest BCUT2D eigenvalue weighted by Gasteiger charge is 2.45. The second-order valence-corrected chi connectivity index (χ2v) is 10.9. The summed E-state index contributed by atoms with van der Waals surface area (Å²) in [6, 6.07) is 4.32. The van der Waals surface area contributed by atoms with Gasteiger partial charge in [-0.3, -0.25) is 9.69 Å². The van der Waals surface area contributed by atoms with Crippen LogP contribution in [0.4, 0.5) is 0 Å². The van der Waals surface area contributed by atoms with Crippen LogP contribution in [0.15, 0.2) is 23.8 Å². The first kappa shape index (κ1) is 28.2. The fraction of sp³-hybridized carbons (Fsp3) is 0.690. The van der Waals surface area contributed by atoms with Gasteiger partial charge in [0.25, 0.3) is 0 Å². The third-order valence-electron chi connectivity index (χ3n) is 7.76. The molecule has 0 amide bonds. The molecule has 0 bridgehead atoms. The Morgan fingerprint density at radius 3 is 2.69 bits per heavy atom. The molecule has 0 N–H and O–H groups in total. The zero-order valence-corrected chi connectivity index (χ0v) is 23.8. The number of nitrogens with zero attached hydrogens (tertiary/aromatic N) is 1. The molecule has 2 aliphatic heterocycles. The van der Waals surface area contributed by atoms with Crippen LogP contribution in [0, 0.1) is 5.92 Å². The first-order valence-electron chi connectivity index (χ1n) is 13.4. The summed E-state index contributed by atoms with van der Waals surface area (Å²) in [7, 11) is 0. The molecule has 4 rings (SSSR count). The van der Waals surface area contributed by atoms with Crippen molar-refractivity contribution in [1.29, 1.82) is 0 Å². The number of morpholine rings is 1. The lowest BCUT2D eigenvalue weighted by molar-refractivity contribution is -0.134. The standard InChI is InChI=1S/C29H43NO4.BrH/c1-5-6-7-9-22-19-25(33-27(31)10-8-13-30-14-16-32-17-15-30)28-23-18-21(2)11-12-24(23)29(3,4)34-26(28)20-22;/h18-20,23-24H,5-17H2,1-4H3;1H. The van der Waals surface area contributed by atoms with E-state index in [2.05, 4.69) is 50.8 Å². The molecule has 2 atom stereocenters. The second-order valence-electron chi connectivity index (χ2n) is 10.9. The van der Waals surface area contributed by atoms with Gasteiger partial charge in [0.15, 0.2) is 0 Å². The van der Waals surface area contributed by atoms with Gasteiger partial charge >= 0.3 is 5.97 Å². The van der Waals surface area contributed by atoms with Crippen LogP contribution in [0.1, 0.15) is 89.7 Å². The van der Waals surface area contributed by atoms with Crippen LogP contribution in [0.5, 0.6) is 11.5 Å². The average molecular weight is 551 g/mol. The number of esters is 1. The Hall–Kier alpha value is -1.37. The molecule has 0 aromatic heterocycles. The Kier molecular flexibility index (Phi) is 10.3. The van der Waals surface area contributed by atoms with E-state index in [1.165, 1.54) is 24.0 Å². The quantitative estimate of drug-likeness (QED) is 0.150. The van der Waals surface area contributed by atoms with Crippen LogP contribution in [0.2, 0.25) is 0 Å². The highest BCUT2D eigenvalue weighted by molar-refractivity contribution is 8.93. The molecule has 0 radical (unpaired) electrons. The molecule has 1 aromatic carbocycles. The van der Waals surface area contributed by atoms with E-state index in [4.69, 9.17) is 14.2 Å². The summed E-state index contributed by atoms with van der Waals surface area (Å²) in [5, 5.41) is 0. The molecule has 196 valence electrons. The Bertz CT molecular complexity index is 891. The predicted molar refractivity (Wildman–Crippen MR) is 146 cm³/mol. The summed E-state index contributed by atoms with van der Waals surface area (Å²) in [5.74, 6) is 2.10. The minimum Gasteiger partial charge on any atom is -0.487 e. The monoisotopic (exact) mass is 549 g/mol. The second kappa shape index (κ2) is 12.7. The van der Waals surface area contributed by atoms with Gasteiger partial charge in [0, 0.05) is 36.9 Å². The summed E-state index contributed by atoms with van der Waals surface area (Å²) in [5.41, 5.74) is 3.45. The number of fused-ring (bicyclic) bond motifs is 3. The first-order chi connectivity index (χ1) is 16.4. The number of hydrogen-bond donors (Lipinski definition) is 0. The third-order valence-corrected chi connectivity index (χ3v) is 7.76. The lowest BCUT2D eigenvalue weighted by atomic mass is 9.68. The topological polar surface area (TPSA) is 48.0 Å². The highest BCUT2D eigenvalue weighted by atomic mass is 79.9. The van der Waals surface area contributed by atoms with Gasteiger partial charge in [-0.05, 0) is 77.1 Å². The predicted octanol–water partition coefficient (Wildman–Crippen LogP) is 6.63.